The first-order valence-electron chi connectivity index (χ1n) is 2.66. The van der Waals surface area contributed by atoms with E-state index in [2.05, 4.69) is 20.5 Å². The summed E-state index contributed by atoms with van der Waals surface area (Å²) in [6, 6.07) is 0. The molecule has 1 atom stereocenters. The maximum Gasteiger partial charge on any atom is 0.319 e. The standard InChI is InChI=1S/C4H10BrO3P/c1-2-7-9(6)8-4-3-5/h9H,2-4H2,1H3. The summed E-state index contributed by atoms with van der Waals surface area (Å²) in [4.78, 5) is 0. The molecule has 0 aliphatic carbocycles. The molecule has 0 aromatic rings. The van der Waals surface area contributed by atoms with Gasteiger partial charge in [-0.05, 0) is 6.92 Å². The summed E-state index contributed by atoms with van der Waals surface area (Å²) < 4.78 is 19.9. The van der Waals surface area contributed by atoms with Crippen molar-refractivity contribution in [2.75, 3.05) is 18.5 Å². The summed E-state index contributed by atoms with van der Waals surface area (Å²) in [7, 11) is -2.18. The molecule has 0 bridgehead atoms. The zero-order chi connectivity index (χ0) is 7.11. The highest BCUT2D eigenvalue weighted by molar-refractivity contribution is 9.09. The molecule has 0 rings (SSSR count). The third-order valence-corrected chi connectivity index (χ3v) is 1.85. The number of hydrogen-bond donors (Lipinski definition) is 0. The van der Waals surface area contributed by atoms with Crippen LogP contribution in [0.2, 0.25) is 0 Å². The summed E-state index contributed by atoms with van der Waals surface area (Å²) in [5.74, 6) is 0. The monoisotopic (exact) mass is 216 g/mol. The minimum Gasteiger partial charge on any atom is -0.311 e. The molecule has 0 aromatic carbocycles. The summed E-state index contributed by atoms with van der Waals surface area (Å²) in [5, 5.41) is 0.691. The molecule has 0 aromatic heterocycles. The zero-order valence-electron chi connectivity index (χ0n) is 5.22. The molecule has 0 N–H and O–H groups in total. The molecule has 56 valence electrons. The van der Waals surface area contributed by atoms with Crippen molar-refractivity contribution < 1.29 is 13.6 Å². The lowest BCUT2D eigenvalue weighted by Gasteiger charge is -1.99. The van der Waals surface area contributed by atoms with Crippen molar-refractivity contribution in [3.05, 3.63) is 0 Å². The maximum atomic E-state index is 10.5. The van der Waals surface area contributed by atoms with Crippen LogP contribution in [0.15, 0.2) is 0 Å². The Labute approximate surface area is 63.8 Å². The molecule has 0 aliphatic heterocycles. The topological polar surface area (TPSA) is 35.5 Å². The average Bonchev–Trinajstić information content (AvgIpc) is 1.85. The molecule has 0 amide bonds. The number of rotatable bonds is 5. The van der Waals surface area contributed by atoms with Crippen LogP contribution in [0.25, 0.3) is 0 Å². The molecular weight excluding hydrogens is 207 g/mol. The lowest BCUT2D eigenvalue weighted by molar-refractivity contribution is 0.245. The molecular formula is C4H10BrO3P. The van der Waals surface area contributed by atoms with Crippen molar-refractivity contribution in [2.24, 2.45) is 0 Å². The fourth-order valence-electron chi connectivity index (χ4n) is 0.281. The molecule has 0 heterocycles. The number of halogens is 1. The molecule has 0 aliphatic rings. The van der Waals surface area contributed by atoms with Gasteiger partial charge in [-0.15, -0.1) is 0 Å². The molecule has 9 heavy (non-hydrogen) atoms. The minimum atomic E-state index is -2.18. The van der Waals surface area contributed by atoms with Crippen molar-refractivity contribution in [3.8, 4) is 0 Å². The average molecular weight is 217 g/mol. The SMILES string of the molecule is CCO[PH](=O)OCCBr. The Hall–Kier alpha value is 0.630. The summed E-state index contributed by atoms with van der Waals surface area (Å²) in [5.41, 5.74) is 0. The van der Waals surface area contributed by atoms with E-state index in [9.17, 15) is 4.57 Å². The zero-order valence-corrected chi connectivity index (χ0v) is 7.81. The Morgan fingerprint density at radius 3 is 2.67 bits per heavy atom. The molecule has 5 heteroatoms. The molecule has 1 unspecified atom stereocenters. The predicted molar refractivity (Wildman–Crippen MR) is 40.4 cm³/mol. The van der Waals surface area contributed by atoms with Gasteiger partial charge in [0.1, 0.15) is 0 Å². The summed E-state index contributed by atoms with van der Waals surface area (Å²) in [6.45, 7) is 2.66. The second kappa shape index (κ2) is 6.75. The van der Waals surface area contributed by atoms with E-state index in [0.717, 1.165) is 0 Å². The highest BCUT2D eigenvalue weighted by Crippen LogP contribution is 2.22. The van der Waals surface area contributed by atoms with Crippen molar-refractivity contribution in [2.45, 2.75) is 6.92 Å². The summed E-state index contributed by atoms with van der Waals surface area (Å²) in [6.07, 6.45) is 0. The second-order valence-corrected chi connectivity index (χ2v) is 3.09. The van der Waals surface area contributed by atoms with Crippen LogP contribution in [0.4, 0.5) is 0 Å². The van der Waals surface area contributed by atoms with E-state index < -0.39 is 8.25 Å². The van der Waals surface area contributed by atoms with Gasteiger partial charge in [-0.1, -0.05) is 15.9 Å². The molecule has 0 saturated heterocycles. The van der Waals surface area contributed by atoms with Gasteiger partial charge in [0, 0.05) is 5.33 Å². The Morgan fingerprint density at radius 2 is 2.22 bits per heavy atom. The summed E-state index contributed by atoms with van der Waals surface area (Å²) >= 11 is 3.13. The van der Waals surface area contributed by atoms with Gasteiger partial charge in [-0.2, -0.15) is 0 Å². The van der Waals surface area contributed by atoms with Crippen molar-refractivity contribution >= 4 is 24.2 Å². The highest BCUT2D eigenvalue weighted by Gasteiger charge is 1.94. The Bertz CT molecular complexity index is 87.9. The van der Waals surface area contributed by atoms with Gasteiger partial charge in [-0.25, -0.2) is 0 Å². The number of hydrogen-bond acceptors (Lipinski definition) is 3. The first-order chi connectivity index (χ1) is 4.31. The van der Waals surface area contributed by atoms with E-state index in [1.54, 1.807) is 6.92 Å². The minimum absolute atomic E-state index is 0.442. The normalized spacial score (nSPS) is 13.6. The molecule has 0 radical (unpaired) electrons. The molecule has 0 spiro atoms. The maximum absolute atomic E-state index is 10.5. The first kappa shape index (κ1) is 9.63. The third-order valence-electron chi connectivity index (χ3n) is 0.559. The van der Waals surface area contributed by atoms with Gasteiger partial charge >= 0.3 is 8.25 Å². The quantitative estimate of drug-likeness (QED) is 0.520. The Balaban J connectivity index is 3.06. The van der Waals surface area contributed by atoms with Gasteiger partial charge in [0.05, 0.1) is 13.2 Å². The lowest BCUT2D eigenvalue weighted by Crippen LogP contribution is -1.88. The number of alkyl halides is 1. The van der Waals surface area contributed by atoms with E-state index in [1.165, 1.54) is 0 Å². The second-order valence-electron chi connectivity index (χ2n) is 1.22. The van der Waals surface area contributed by atoms with Crippen LogP contribution in [0.5, 0.6) is 0 Å². The Kier molecular flexibility index (Phi) is 7.22. The van der Waals surface area contributed by atoms with Crippen LogP contribution in [0.1, 0.15) is 6.92 Å². The van der Waals surface area contributed by atoms with Gasteiger partial charge in [-0.3, -0.25) is 4.57 Å². The van der Waals surface area contributed by atoms with E-state index in [1.807, 2.05) is 0 Å². The van der Waals surface area contributed by atoms with Crippen molar-refractivity contribution in [1.29, 1.82) is 0 Å². The van der Waals surface area contributed by atoms with E-state index >= 15 is 0 Å². The van der Waals surface area contributed by atoms with Crippen LogP contribution in [0.3, 0.4) is 0 Å². The molecule has 0 fully saturated rings. The lowest BCUT2D eigenvalue weighted by atomic mass is 10.9. The van der Waals surface area contributed by atoms with Crippen LogP contribution in [-0.4, -0.2) is 18.5 Å². The van der Waals surface area contributed by atoms with Gasteiger partial charge in [0.25, 0.3) is 0 Å². The molecule has 3 nitrogen and oxygen atoms in total. The first-order valence-corrected chi connectivity index (χ1v) is 5.01. The van der Waals surface area contributed by atoms with E-state index in [0.29, 0.717) is 18.5 Å². The van der Waals surface area contributed by atoms with E-state index in [4.69, 9.17) is 4.52 Å². The van der Waals surface area contributed by atoms with Crippen LogP contribution >= 0.6 is 24.2 Å². The van der Waals surface area contributed by atoms with Crippen LogP contribution in [-0.2, 0) is 13.6 Å². The Morgan fingerprint density at radius 1 is 1.56 bits per heavy atom. The van der Waals surface area contributed by atoms with Gasteiger partial charge in [0.15, 0.2) is 0 Å². The van der Waals surface area contributed by atoms with Gasteiger partial charge < -0.3 is 9.05 Å². The van der Waals surface area contributed by atoms with Crippen LogP contribution < -0.4 is 0 Å². The molecule has 0 saturated carbocycles. The van der Waals surface area contributed by atoms with Crippen molar-refractivity contribution in [1.82, 2.24) is 0 Å². The van der Waals surface area contributed by atoms with E-state index in [-0.39, 0.29) is 0 Å². The van der Waals surface area contributed by atoms with Gasteiger partial charge in [0.2, 0.25) is 0 Å². The van der Waals surface area contributed by atoms with Crippen molar-refractivity contribution in [3.63, 3.8) is 0 Å². The predicted octanol–water partition coefficient (Wildman–Crippen LogP) is 1.82. The highest BCUT2D eigenvalue weighted by atomic mass is 79.9. The fraction of sp³-hybridized carbons (Fsp3) is 1.00. The largest absolute Gasteiger partial charge is 0.319 e. The van der Waals surface area contributed by atoms with Crippen LogP contribution in [0, 0.1) is 0 Å². The smallest absolute Gasteiger partial charge is 0.311 e. The fourth-order valence-corrected chi connectivity index (χ4v) is 1.33. The third kappa shape index (κ3) is 6.52.